The molecule has 0 bridgehead atoms. The highest BCUT2D eigenvalue weighted by Crippen LogP contribution is 2.24. The van der Waals surface area contributed by atoms with Crippen LogP contribution in [0.2, 0.25) is 10.0 Å². The average Bonchev–Trinajstić information content (AvgIpc) is 2.50. The van der Waals surface area contributed by atoms with E-state index in [0.717, 1.165) is 44.8 Å². The third-order valence-corrected chi connectivity index (χ3v) is 4.40. The van der Waals surface area contributed by atoms with E-state index >= 15 is 0 Å². The summed E-state index contributed by atoms with van der Waals surface area (Å²) in [5.41, 5.74) is 0.750. The molecule has 2 rings (SSSR count). The molecule has 2 heterocycles. The van der Waals surface area contributed by atoms with Gasteiger partial charge in [0, 0.05) is 57.6 Å². The zero-order chi connectivity index (χ0) is 15.9. The van der Waals surface area contributed by atoms with Gasteiger partial charge in [0.05, 0.1) is 23.3 Å². The summed E-state index contributed by atoms with van der Waals surface area (Å²) in [6.45, 7) is 7.13. The van der Waals surface area contributed by atoms with Crippen LogP contribution in [0, 0.1) is 0 Å². The summed E-state index contributed by atoms with van der Waals surface area (Å²) >= 11 is 12.3. The lowest BCUT2D eigenvalue weighted by Crippen LogP contribution is -2.38. The van der Waals surface area contributed by atoms with Gasteiger partial charge in [0.2, 0.25) is 5.91 Å². The van der Waals surface area contributed by atoms with Crippen LogP contribution in [0.1, 0.15) is 18.9 Å². The summed E-state index contributed by atoms with van der Waals surface area (Å²) < 4.78 is 5.33. The van der Waals surface area contributed by atoms with Crippen molar-refractivity contribution in [2.45, 2.75) is 19.9 Å². The number of aromatic nitrogens is 1. The second kappa shape index (κ2) is 8.67. The smallest absolute Gasteiger partial charge is 0.219 e. The van der Waals surface area contributed by atoms with Gasteiger partial charge in [0.15, 0.2) is 0 Å². The molecule has 5 nitrogen and oxygen atoms in total. The molecule has 122 valence electrons. The third-order valence-electron chi connectivity index (χ3n) is 3.75. The molecule has 0 aromatic carbocycles. The Morgan fingerprint density at radius 1 is 1.32 bits per heavy atom. The van der Waals surface area contributed by atoms with E-state index in [0.29, 0.717) is 23.1 Å². The zero-order valence-electron chi connectivity index (χ0n) is 12.7. The van der Waals surface area contributed by atoms with Crippen molar-refractivity contribution in [1.29, 1.82) is 0 Å². The number of carbonyl (C=O) groups excluding carboxylic acids is 1. The molecule has 0 saturated carbocycles. The van der Waals surface area contributed by atoms with E-state index in [9.17, 15) is 4.79 Å². The van der Waals surface area contributed by atoms with Gasteiger partial charge in [-0.1, -0.05) is 23.2 Å². The van der Waals surface area contributed by atoms with Crippen LogP contribution in [0.5, 0.6) is 0 Å². The van der Waals surface area contributed by atoms with E-state index < -0.39 is 0 Å². The van der Waals surface area contributed by atoms with Crippen LogP contribution >= 0.6 is 23.2 Å². The van der Waals surface area contributed by atoms with Crippen molar-refractivity contribution in [2.75, 3.05) is 39.4 Å². The predicted molar refractivity (Wildman–Crippen MR) is 87.2 cm³/mol. The molecule has 22 heavy (non-hydrogen) atoms. The van der Waals surface area contributed by atoms with Gasteiger partial charge in [0.25, 0.3) is 0 Å². The van der Waals surface area contributed by atoms with Crippen LogP contribution in [0.15, 0.2) is 12.4 Å². The predicted octanol–water partition coefficient (Wildman–Crippen LogP) is 2.46. The fraction of sp³-hybridized carbons (Fsp3) is 0.600. The number of rotatable bonds is 6. The summed E-state index contributed by atoms with van der Waals surface area (Å²) in [6.07, 6.45) is 4.02. The van der Waals surface area contributed by atoms with Gasteiger partial charge in [0.1, 0.15) is 0 Å². The molecular weight excluding hydrogens is 325 g/mol. The van der Waals surface area contributed by atoms with Crippen LogP contribution in [0.25, 0.3) is 0 Å². The molecule has 0 aliphatic carbocycles. The van der Waals surface area contributed by atoms with E-state index in [1.807, 2.05) is 0 Å². The molecule has 1 aliphatic rings. The highest BCUT2D eigenvalue weighted by molar-refractivity contribution is 6.35. The van der Waals surface area contributed by atoms with Gasteiger partial charge < -0.3 is 9.64 Å². The number of halogens is 2. The Balaban J connectivity index is 1.88. The van der Waals surface area contributed by atoms with Crippen molar-refractivity contribution in [3.05, 3.63) is 28.0 Å². The summed E-state index contributed by atoms with van der Waals surface area (Å²) in [6, 6.07) is 0. The number of hydrogen-bond acceptors (Lipinski definition) is 4. The third kappa shape index (κ3) is 5.09. The topological polar surface area (TPSA) is 45.7 Å². The quantitative estimate of drug-likeness (QED) is 0.794. The van der Waals surface area contributed by atoms with Crippen molar-refractivity contribution >= 4 is 29.1 Å². The summed E-state index contributed by atoms with van der Waals surface area (Å²) in [7, 11) is 0. The Morgan fingerprint density at radius 3 is 2.55 bits per heavy atom. The lowest BCUT2D eigenvalue weighted by molar-refractivity contribution is -0.129. The average molecular weight is 346 g/mol. The van der Waals surface area contributed by atoms with Gasteiger partial charge in [-0.05, 0) is 6.42 Å². The van der Waals surface area contributed by atoms with Gasteiger partial charge >= 0.3 is 0 Å². The number of hydrogen-bond donors (Lipinski definition) is 0. The monoisotopic (exact) mass is 345 g/mol. The highest BCUT2D eigenvalue weighted by Gasteiger charge is 2.15. The number of nitrogens with zero attached hydrogens (tertiary/aromatic N) is 3. The molecule has 0 spiro atoms. The summed E-state index contributed by atoms with van der Waals surface area (Å²) in [4.78, 5) is 19.9. The van der Waals surface area contributed by atoms with E-state index in [-0.39, 0.29) is 5.91 Å². The van der Waals surface area contributed by atoms with Crippen molar-refractivity contribution in [3.63, 3.8) is 0 Å². The molecule has 1 amide bonds. The van der Waals surface area contributed by atoms with Crippen molar-refractivity contribution in [1.82, 2.24) is 14.8 Å². The molecule has 0 unspecified atom stereocenters. The second-order valence-electron chi connectivity index (χ2n) is 5.33. The molecule has 1 aliphatic heterocycles. The normalized spacial score (nSPS) is 15.8. The number of morpholine rings is 1. The minimum absolute atomic E-state index is 0.0194. The Morgan fingerprint density at radius 2 is 1.95 bits per heavy atom. The number of amides is 1. The SMILES string of the molecule is CC(=O)N(CCCN1CCOCC1)Cc1c(Cl)cncc1Cl. The highest BCUT2D eigenvalue weighted by atomic mass is 35.5. The van der Waals surface area contributed by atoms with Gasteiger partial charge in [-0.25, -0.2) is 0 Å². The van der Waals surface area contributed by atoms with Gasteiger partial charge in [-0.2, -0.15) is 0 Å². The maximum Gasteiger partial charge on any atom is 0.219 e. The lowest BCUT2D eigenvalue weighted by atomic mass is 10.2. The van der Waals surface area contributed by atoms with Gasteiger partial charge in [-0.15, -0.1) is 0 Å². The number of carbonyl (C=O) groups is 1. The van der Waals surface area contributed by atoms with Crippen molar-refractivity contribution < 1.29 is 9.53 Å². The molecule has 1 aromatic rings. The summed E-state index contributed by atoms with van der Waals surface area (Å²) in [5.74, 6) is 0.0194. The number of ether oxygens (including phenoxy) is 1. The second-order valence-corrected chi connectivity index (χ2v) is 6.14. The minimum Gasteiger partial charge on any atom is -0.379 e. The van der Waals surface area contributed by atoms with Gasteiger partial charge in [-0.3, -0.25) is 14.7 Å². The fourth-order valence-corrected chi connectivity index (χ4v) is 2.92. The fourth-order valence-electron chi connectivity index (χ4n) is 2.44. The Labute approximate surface area is 141 Å². The summed E-state index contributed by atoms with van der Waals surface area (Å²) in [5, 5.41) is 0.985. The molecule has 1 saturated heterocycles. The maximum atomic E-state index is 11.8. The van der Waals surface area contributed by atoms with Crippen molar-refractivity contribution in [2.24, 2.45) is 0 Å². The first-order valence-corrected chi connectivity index (χ1v) is 8.17. The first-order valence-electron chi connectivity index (χ1n) is 7.41. The van der Waals surface area contributed by atoms with Crippen LogP contribution in [-0.2, 0) is 16.1 Å². The Hall–Kier alpha value is -0.880. The van der Waals surface area contributed by atoms with Crippen molar-refractivity contribution in [3.8, 4) is 0 Å². The van der Waals surface area contributed by atoms with E-state index in [1.54, 1.807) is 24.2 Å². The molecule has 7 heteroatoms. The Bertz CT molecular complexity index is 487. The van der Waals surface area contributed by atoms with E-state index in [2.05, 4.69) is 9.88 Å². The Kier molecular flexibility index (Phi) is 6.89. The molecule has 0 N–H and O–H groups in total. The maximum absolute atomic E-state index is 11.8. The molecule has 0 radical (unpaired) electrons. The largest absolute Gasteiger partial charge is 0.379 e. The standard InChI is InChI=1S/C15H21Cl2N3O2/c1-12(21)20(4-2-3-19-5-7-22-8-6-19)11-13-14(16)9-18-10-15(13)17/h9-10H,2-8,11H2,1H3. The molecule has 0 atom stereocenters. The van der Waals surface area contributed by atoms with E-state index in [1.165, 1.54) is 0 Å². The van der Waals surface area contributed by atoms with Crippen LogP contribution in [0.4, 0.5) is 0 Å². The molecule has 1 fully saturated rings. The first kappa shape index (κ1) is 17.5. The first-order chi connectivity index (χ1) is 10.6. The zero-order valence-corrected chi connectivity index (χ0v) is 14.2. The lowest BCUT2D eigenvalue weighted by Gasteiger charge is -2.28. The molecular formula is C15H21Cl2N3O2. The molecule has 1 aromatic heterocycles. The van der Waals surface area contributed by atoms with Crippen LogP contribution in [0.3, 0.4) is 0 Å². The van der Waals surface area contributed by atoms with Crippen LogP contribution < -0.4 is 0 Å². The number of pyridine rings is 1. The van der Waals surface area contributed by atoms with Crippen LogP contribution in [-0.4, -0.2) is 60.1 Å². The minimum atomic E-state index is 0.0194. The van der Waals surface area contributed by atoms with E-state index in [4.69, 9.17) is 27.9 Å².